The first-order valence-electron chi connectivity index (χ1n) is 6.32. The van der Waals surface area contributed by atoms with Gasteiger partial charge in [-0.2, -0.15) is 0 Å². The molecule has 0 radical (unpaired) electrons. The minimum Gasteiger partial charge on any atom is -0.103 e. The van der Waals surface area contributed by atoms with E-state index in [1.807, 2.05) is 0 Å². The van der Waals surface area contributed by atoms with Crippen LogP contribution in [-0.2, 0) is 0 Å². The Morgan fingerprint density at radius 3 is 2.71 bits per heavy atom. The highest BCUT2D eigenvalue weighted by Crippen LogP contribution is 2.72. The molecule has 14 heavy (non-hydrogen) atoms. The lowest BCUT2D eigenvalue weighted by atomic mass is 9.67. The van der Waals surface area contributed by atoms with Gasteiger partial charge in [0.15, 0.2) is 0 Å². The van der Waals surface area contributed by atoms with Crippen LogP contribution >= 0.6 is 0 Å². The molecule has 0 heteroatoms. The highest BCUT2D eigenvalue weighted by molar-refractivity contribution is 5.13. The molecule has 4 unspecified atom stereocenters. The van der Waals surface area contributed by atoms with E-state index in [4.69, 9.17) is 0 Å². The van der Waals surface area contributed by atoms with Crippen molar-refractivity contribution in [2.45, 2.75) is 52.4 Å². The maximum atomic E-state index is 3.80. The molecule has 0 saturated heterocycles. The van der Waals surface area contributed by atoms with Crippen molar-refractivity contribution in [1.82, 2.24) is 0 Å². The molecule has 0 amide bonds. The lowest BCUT2D eigenvalue weighted by Gasteiger charge is -2.38. The van der Waals surface area contributed by atoms with Gasteiger partial charge in [0.1, 0.15) is 0 Å². The number of hydrogen-bond acceptors (Lipinski definition) is 0. The first kappa shape index (κ1) is 10.3. The van der Waals surface area contributed by atoms with Gasteiger partial charge in [-0.15, -0.1) is 6.58 Å². The van der Waals surface area contributed by atoms with Gasteiger partial charge in [0.25, 0.3) is 0 Å². The fraction of sp³-hybridized carbons (Fsp3) is 0.857. The minimum absolute atomic E-state index is 0.816. The molecule has 80 valence electrons. The monoisotopic (exact) mass is 192 g/mol. The molecule has 0 spiro atoms. The second-order valence-electron chi connectivity index (χ2n) is 5.72. The van der Waals surface area contributed by atoms with Gasteiger partial charge in [0.2, 0.25) is 0 Å². The molecule has 0 aliphatic heterocycles. The zero-order valence-electron chi connectivity index (χ0n) is 9.76. The fourth-order valence-electron chi connectivity index (χ4n) is 3.61. The van der Waals surface area contributed by atoms with Crippen LogP contribution in [0.1, 0.15) is 52.4 Å². The zero-order chi connectivity index (χ0) is 10.2. The van der Waals surface area contributed by atoms with Crippen LogP contribution in [0.2, 0.25) is 0 Å². The van der Waals surface area contributed by atoms with Crippen molar-refractivity contribution in [2.24, 2.45) is 23.2 Å². The van der Waals surface area contributed by atoms with Crippen LogP contribution < -0.4 is 0 Å². The van der Waals surface area contributed by atoms with E-state index < -0.39 is 0 Å². The molecule has 2 rings (SSSR count). The van der Waals surface area contributed by atoms with E-state index in [1.54, 1.807) is 0 Å². The van der Waals surface area contributed by atoms with Crippen molar-refractivity contribution in [3.63, 3.8) is 0 Å². The fourth-order valence-corrected chi connectivity index (χ4v) is 3.61. The maximum absolute atomic E-state index is 3.80. The molecule has 0 aromatic carbocycles. The van der Waals surface area contributed by atoms with E-state index in [9.17, 15) is 0 Å². The summed E-state index contributed by atoms with van der Waals surface area (Å²) in [6, 6.07) is 0. The number of fused-ring (bicyclic) bond motifs is 1. The standard InChI is InChI=1S/C14H24/c1-4-6-7-8-11(5-2)12-9-14(3)10-13(12)14/h4,11-13H,1,5-10H2,2-3H3. The average molecular weight is 192 g/mol. The van der Waals surface area contributed by atoms with Gasteiger partial charge in [-0.25, -0.2) is 0 Å². The molecule has 2 aliphatic carbocycles. The Morgan fingerprint density at radius 2 is 2.29 bits per heavy atom. The summed E-state index contributed by atoms with van der Waals surface area (Å²) in [7, 11) is 0. The summed E-state index contributed by atoms with van der Waals surface area (Å²) in [4.78, 5) is 0. The third-order valence-corrected chi connectivity index (χ3v) is 4.75. The SMILES string of the molecule is C=CCCCC(CC)C1CC2(C)CC12. The highest BCUT2D eigenvalue weighted by Gasteiger charge is 2.64. The molecule has 2 saturated carbocycles. The Kier molecular flexibility index (Phi) is 2.72. The van der Waals surface area contributed by atoms with Gasteiger partial charge in [-0.3, -0.25) is 0 Å². The minimum atomic E-state index is 0.816. The van der Waals surface area contributed by atoms with Crippen molar-refractivity contribution >= 4 is 0 Å². The van der Waals surface area contributed by atoms with Crippen LogP contribution in [-0.4, -0.2) is 0 Å². The quantitative estimate of drug-likeness (QED) is 0.432. The van der Waals surface area contributed by atoms with Crippen molar-refractivity contribution in [1.29, 1.82) is 0 Å². The van der Waals surface area contributed by atoms with Gasteiger partial charge < -0.3 is 0 Å². The molecular weight excluding hydrogens is 168 g/mol. The predicted molar refractivity (Wildman–Crippen MR) is 62.2 cm³/mol. The Bertz CT molecular complexity index is 218. The van der Waals surface area contributed by atoms with Gasteiger partial charge >= 0.3 is 0 Å². The van der Waals surface area contributed by atoms with Gasteiger partial charge in [0, 0.05) is 0 Å². The van der Waals surface area contributed by atoms with Crippen molar-refractivity contribution in [2.75, 3.05) is 0 Å². The van der Waals surface area contributed by atoms with Crippen molar-refractivity contribution in [3.8, 4) is 0 Å². The highest BCUT2D eigenvalue weighted by atomic mass is 14.7. The molecule has 0 N–H and O–H groups in total. The third kappa shape index (κ3) is 1.64. The van der Waals surface area contributed by atoms with Crippen molar-refractivity contribution < 1.29 is 0 Å². The van der Waals surface area contributed by atoms with E-state index in [0.29, 0.717) is 0 Å². The Morgan fingerprint density at radius 1 is 1.50 bits per heavy atom. The Labute approximate surface area is 88.8 Å². The summed E-state index contributed by atoms with van der Waals surface area (Å²) >= 11 is 0. The first-order chi connectivity index (χ1) is 6.71. The van der Waals surface area contributed by atoms with Gasteiger partial charge in [-0.1, -0.05) is 26.3 Å². The molecule has 2 fully saturated rings. The number of unbranched alkanes of at least 4 members (excludes halogenated alkanes) is 1. The van der Waals surface area contributed by atoms with E-state index >= 15 is 0 Å². The van der Waals surface area contributed by atoms with E-state index in [1.165, 1.54) is 38.5 Å². The zero-order valence-corrected chi connectivity index (χ0v) is 9.76. The van der Waals surface area contributed by atoms with Gasteiger partial charge in [-0.05, 0) is 55.3 Å². The maximum Gasteiger partial charge on any atom is -0.0289 e. The lowest BCUT2D eigenvalue weighted by molar-refractivity contribution is 0.115. The summed E-state index contributed by atoms with van der Waals surface area (Å²) in [5, 5.41) is 0. The molecule has 0 nitrogen and oxygen atoms in total. The number of hydrogen-bond donors (Lipinski definition) is 0. The summed E-state index contributed by atoms with van der Waals surface area (Å²) in [5.41, 5.74) is 0.816. The molecule has 2 aliphatic rings. The molecular formula is C14H24. The number of allylic oxidation sites excluding steroid dienone is 1. The second kappa shape index (κ2) is 3.72. The smallest absolute Gasteiger partial charge is 0.0289 e. The van der Waals surface area contributed by atoms with Crippen LogP contribution in [0.25, 0.3) is 0 Å². The topological polar surface area (TPSA) is 0 Å². The Balaban J connectivity index is 1.74. The van der Waals surface area contributed by atoms with E-state index in [-0.39, 0.29) is 0 Å². The Hall–Kier alpha value is -0.260. The lowest BCUT2D eigenvalue weighted by Crippen LogP contribution is -2.30. The van der Waals surface area contributed by atoms with Crippen molar-refractivity contribution in [3.05, 3.63) is 12.7 Å². The van der Waals surface area contributed by atoms with Crippen LogP contribution in [0, 0.1) is 23.2 Å². The van der Waals surface area contributed by atoms with Crippen LogP contribution in [0.4, 0.5) is 0 Å². The molecule has 0 aromatic heterocycles. The van der Waals surface area contributed by atoms with E-state index in [0.717, 1.165) is 23.2 Å². The largest absolute Gasteiger partial charge is 0.103 e. The third-order valence-electron chi connectivity index (χ3n) is 4.75. The van der Waals surface area contributed by atoms with Crippen LogP contribution in [0.5, 0.6) is 0 Å². The molecule has 0 bridgehead atoms. The predicted octanol–water partition coefficient (Wildman–Crippen LogP) is 4.42. The molecule has 0 heterocycles. The van der Waals surface area contributed by atoms with E-state index in [2.05, 4.69) is 26.5 Å². The average Bonchev–Trinajstić information content (AvgIpc) is 2.70. The summed E-state index contributed by atoms with van der Waals surface area (Å²) in [5.74, 6) is 3.24. The molecule has 4 atom stereocenters. The van der Waals surface area contributed by atoms with Crippen LogP contribution in [0.15, 0.2) is 12.7 Å². The second-order valence-corrected chi connectivity index (χ2v) is 5.72. The molecule has 0 aromatic rings. The van der Waals surface area contributed by atoms with Crippen LogP contribution in [0.3, 0.4) is 0 Å². The van der Waals surface area contributed by atoms with Gasteiger partial charge in [0.05, 0.1) is 0 Å². The normalized spacial score (nSPS) is 41.0. The number of rotatable bonds is 6. The summed E-state index contributed by atoms with van der Waals surface area (Å²) in [6.07, 6.45) is 10.6. The summed E-state index contributed by atoms with van der Waals surface area (Å²) < 4.78 is 0. The summed E-state index contributed by atoms with van der Waals surface area (Å²) in [6.45, 7) is 8.65. The first-order valence-corrected chi connectivity index (χ1v) is 6.32.